The molecule has 1 N–H and O–H groups in total. The average Bonchev–Trinajstić information content (AvgIpc) is 2.06. The molecule has 0 unspecified atom stereocenters. The smallest absolute Gasteiger partial charge is 0.118 e. The van der Waals surface area contributed by atoms with Crippen LogP contribution in [0.25, 0.3) is 5.76 Å². The highest BCUT2D eigenvalue weighted by atomic mass is 16.3. The van der Waals surface area contributed by atoms with Gasteiger partial charge in [0.25, 0.3) is 0 Å². The van der Waals surface area contributed by atoms with Crippen molar-refractivity contribution in [3.05, 3.63) is 41.5 Å². The third-order valence-electron chi connectivity index (χ3n) is 1.74. The van der Waals surface area contributed by atoms with E-state index in [0.717, 1.165) is 12.0 Å². The minimum absolute atomic E-state index is 0.373. The Morgan fingerprint density at radius 3 is 2.42 bits per heavy atom. The zero-order chi connectivity index (χ0) is 8.97. The lowest BCUT2D eigenvalue weighted by atomic mass is 10.1. The molecule has 1 rings (SSSR count). The van der Waals surface area contributed by atoms with Crippen LogP contribution in [-0.4, -0.2) is 5.11 Å². The second-order valence-corrected chi connectivity index (χ2v) is 2.86. The SMILES string of the molecule is CC/C=C(/O)c1ccc(C)cc1. The molecule has 0 bridgehead atoms. The number of benzene rings is 1. The Bertz CT molecular complexity index is 270. The predicted molar refractivity (Wildman–Crippen MR) is 52.1 cm³/mol. The van der Waals surface area contributed by atoms with Gasteiger partial charge in [0.1, 0.15) is 5.76 Å². The Morgan fingerprint density at radius 2 is 1.92 bits per heavy atom. The summed E-state index contributed by atoms with van der Waals surface area (Å²) in [5, 5.41) is 9.47. The normalized spacial score (nSPS) is 11.7. The van der Waals surface area contributed by atoms with Crippen LogP contribution in [0.4, 0.5) is 0 Å². The topological polar surface area (TPSA) is 20.2 Å². The molecule has 0 aliphatic heterocycles. The number of aliphatic hydroxyl groups is 1. The Labute approximate surface area is 73.4 Å². The first-order valence-electron chi connectivity index (χ1n) is 4.20. The van der Waals surface area contributed by atoms with E-state index >= 15 is 0 Å². The van der Waals surface area contributed by atoms with Crippen molar-refractivity contribution in [3.63, 3.8) is 0 Å². The van der Waals surface area contributed by atoms with E-state index in [9.17, 15) is 5.11 Å². The van der Waals surface area contributed by atoms with E-state index in [0.29, 0.717) is 5.76 Å². The quantitative estimate of drug-likeness (QED) is 0.661. The van der Waals surface area contributed by atoms with Crippen LogP contribution in [0, 0.1) is 6.92 Å². The van der Waals surface area contributed by atoms with Crippen LogP contribution in [0.3, 0.4) is 0 Å². The fraction of sp³-hybridized carbons (Fsp3) is 0.273. The molecule has 0 aromatic heterocycles. The minimum Gasteiger partial charge on any atom is -0.508 e. The van der Waals surface area contributed by atoms with Crippen LogP contribution >= 0.6 is 0 Å². The van der Waals surface area contributed by atoms with Crippen molar-refractivity contribution in [2.45, 2.75) is 20.3 Å². The molecule has 12 heavy (non-hydrogen) atoms. The number of hydrogen-bond acceptors (Lipinski definition) is 1. The molecule has 64 valence electrons. The lowest BCUT2D eigenvalue weighted by Gasteiger charge is -1.99. The Kier molecular flexibility index (Phi) is 2.92. The van der Waals surface area contributed by atoms with Gasteiger partial charge in [-0.25, -0.2) is 0 Å². The maximum absolute atomic E-state index is 9.47. The van der Waals surface area contributed by atoms with Crippen LogP contribution in [0.1, 0.15) is 24.5 Å². The molecule has 1 aromatic rings. The first kappa shape index (κ1) is 8.85. The van der Waals surface area contributed by atoms with Gasteiger partial charge in [0, 0.05) is 5.56 Å². The lowest BCUT2D eigenvalue weighted by Crippen LogP contribution is -1.82. The van der Waals surface area contributed by atoms with E-state index in [1.165, 1.54) is 5.56 Å². The van der Waals surface area contributed by atoms with E-state index in [4.69, 9.17) is 0 Å². The highest BCUT2D eigenvalue weighted by Crippen LogP contribution is 2.12. The molecule has 0 fully saturated rings. The summed E-state index contributed by atoms with van der Waals surface area (Å²) in [7, 11) is 0. The maximum atomic E-state index is 9.47. The number of hydrogen-bond donors (Lipinski definition) is 1. The third-order valence-corrected chi connectivity index (χ3v) is 1.74. The average molecular weight is 162 g/mol. The standard InChI is InChI=1S/C11H14O/c1-3-4-11(12)10-7-5-9(2)6-8-10/h4-8,12H,3H2,1-2H3/b11-4+. The highest BCUT2D eigenvalue weighted by molar-refractivity contribution is 5.58. The third kappa shape index (κ3) is 2.12. The van der Waals surface area contributed by atoms with E-state index < -0.39 is 0 Å². The van der Waals surface area contributed by atoms with Gasteiger partial charge in [-0.1, -0.05) is 36.8 Å². The Hall–Kier alpha value is -1.24. The predicted octanol–water partition coefficient (Wildman–Crippen LogP) is 3.30. The van der Waals surface area contributed by atoms with Crippen molar-refractivity contribution >= 4 is 5.76 Å². The molecule has 0 aliphatic rings. The number of aliphatic hydroxyl groups excluding tert-OH is 1. The van der Waals surface area contributed by atoms with E-state index in [2.05, 4.69) is 0 Å². The van der Waals surface area contributed by atoms with Crippen LogP contribution in [0.15, 0.2) is 30.3 Å². The number of aryl methyl sites for hydroxylation is 1. The van der Waals surface area contributed by atoms with Crippen LogP contribution in [-0.2, 0) is 0 Å². The van der Waals surface area contributed by atoms with Gasteiger partial charge in [-0.05, 0) is 19.4 Å². The van der Waals surface area contributed by atoms with Gasteiger partial charge >= 0.3 is 0 Å². The van der Waals surface area contributed by atoms with E-state index in [1.54, 1.807) is 0 Å². The summed E-state index contributed by atoms with van der Waals surface area (Å²) in [4.78, 5) is 0. The van der Waals surface area contributed by atoms with Gasteiger partial charge in [-0.3, -0.25) is 0 Å². The summed E-state index contributed by atoms with van der Waals surface area (Å²) in [6.45, 7) is 4.04. The summed E-state index contributed by atoms with van der Waals surface area (Å²) in [6, 6.07) is 7.85. The molecule has 1 aromatic carbocycles. The highest BCUT2D eigenvalue weighted by Gasteiger charge is 1.95. The maximum Gasteiger partial charge on any atom is 0.118 e. The zero-order valence-corrected chi connectivity index (χ0v) is 7.54. The van der Waals surface area contributed by atoms with Crippen molar-refractivity contribution in [1.29, 1.82) is 0 Å². The summed E-state index contributed by atoms with van der Waals surface area (Å²) < 4.78 is 0. The van der Waals surface area contributed by atoms with Crippen molar-refractivity contribution in [3.8, 4) is 0 Å². The molecule has 1 heteroatoms. The van der Waals surface area contributed by atoms with Gasteiger partial charge in [-0.15, -0.1) is 0 Å². The second kappa shape index (κ2) is 3.96. The molecule has 0 amide bonds. The molecule has 0 saturated carbocycles. The first-order chi connectivity index (χ1) is 5.74. The number of rotatable bonds is 2. The summed E-state index contributed by atoms with van der Waals surface area (Å²) in [5.74, 6) is 0.373. The summed E-state index contributed by atoms with van der Waals surface area (Å²) in [6.07, 6.45) is 2.67. The van der Waals surface area contributed by atoms with Crippen molar-refractivity contribution in [2.75, 3.05) is 0 Å². The van der Waals surface area contributed by atoms with Crippen molar-refractivity contribution < 1.29 is 5.11 Å². The van der Waals surface area contributed by atoms with Gasteiger partial charge < -0.3 is 5.11 Å². The monoisotopic (exact) mass is 162 g/mol. The van der Waals surface area contributed by atoms with E-state index in [-0.39, 0.29) is 0 Å². The molecule has 0 aliphatic carbocycles. The van der Waals surface area contributed by atoms with Gasteiger partial charge in [0.15, 0.2) is 0 Å². The van der Waals surface area contributed by atoms with Crippen LogP contribution in [0.5, 0.6) is 0 Å². The molecule has 0 spiro atoms. The lowest BCUT2D eigenvalue weighted by molar-refractivity contribution is 0.509. The molecule has 0 saturated heterocycles. The molecule has 0 heterocycles. The fourth-order valence-electron chi connectivity index (χ4n) is 1.04. The first-order valence-corrected chi connectivity index (χ1v) is 4.20. The largest absolute Gasteiger partial charge is 0.508 e. The molecular formula is C11H14O. The van der Waals surface area contributed by atoms with Crippen molar-refractivity contribution in [1.82, 2.24) is 0 Å². The molecule has 1 nitrogen and oxygen atoms in total. The Morgan fingerprint density at radius 1 is 1.33 bits per heavy atom. The van der Waals surface area contributed by atoms with Crippen molar-refractivity contribution in [2.24, 2.45) is 0 Å². The van der Waals surface area contributed by atoms with Gasteiger partial charge in [0.2, 0.25) is 0 Å². The fourth-order valence-corrected chi connectivity index (χ4v) is 1.04. The summed E-state index contributed by atoms with van der Waals surface area (Å²) >= 11 is 0. The zero-order valence-electron chi connectivity index (χ0n) is 7.54. The molecular weight excluding hydrogens is 148 g/mol. The van der Waals surface area contributed by atoms with Crippen LogP contribution in [0.2, 0.25) is 0 Å². The molecule has 0 radical (unpaired) electrons. The van der Waals surface area contributed by atoms with Gasteiger partial charge in [-0.2, -0.15) is 0 Å². The minimum atomic E-state index is 0.373. The van der Waals surface area contributed by atoms with Crippen LogP contribution < -0.4 is 0 Å². The van der Waals surface area contributed by atoms with E-state index in [1.807, 2.05) is 44.2 Å². The summed E-state index contributed by atoms with van der Waals surface area (Å²) in [5.41, 5.74) is 2.10. The number of allylic oxidation sites excluding steroid dienone is 1. The van der Waals surface area contributed by atoms with Gasteiger partial charge in [0.05, 0.1) is 0 Å². The molecule has 0 atom stereocenters. The Balaban J connectivity index is 2.89. The second-order valence-electron chi connectivity index (χ2n) is 2.86.